The third kappa shape index (κ3) is 5.25. The maximum absolute atomic E-state index is 10.6. The quantitative estimate of drug-likeness (QED) is 0.854. The van der Waals surface area contributed by atoms with Gasteiger partial charge in [-0.1, -0.05) is 30.3 Å². The number of carbonyl (C=O) groups is 1. The van der Waals surface area contributed by atoms with Gasteiger partial charge in [0, 0.05) is 36.3 Å². The Bertz CT molecular complexity index is 721. The van der Waals surface area contributed by atoms with Gasteiger partial charge in [-0.3, -0.25) is 0 Å². The van der Waals surface area contributed by atoms with Crippen molar-refractivity contribution in [1.29, 1.82) is 0 Å². The molecule has 0 unspecified atom stereocenters. The molecule has 1 aromatic heterocycles. The van der Waals surface area contributed by atoms with Crippen molar-refractivity contribution in [3.8, 4) is 11.3 Å². The summed E-state index contributed by atoms with van der Waals surface area (Å²) in [6.45, 7) is 2.17. The molecule has 0 saturated heterocycles. The Morgan fingerprint density at radius 3 is 2.32 bits per heavy atom. The maximum Gasteiger partial charge on any atom is 0.490 e. The summed E-state index contributed by atoms with van der Waals surface area (Å²) in [5, 5.41) is 7.12. The lowest BCUT2D eigenvalue weighted by Crippen LogP contribution is -2.21. The van der Waals surface area contributed by atoms with Gasteiger partial charge in [0.05, 0.1) is 5.69 Å². The number of fused-ring (bicyclic) bond motifs is 1. The van der Waals surface area contributed by atoms with Crippen LogP contribution < -0.4 is 0 Å². The first kappa shape index (κ1) is 18.9. The van der Waals surface area contributed by atoms with Crippen LogP contribution in [0.3, 0.4) is 0 Å². The Morgan fingerprint density at radius 1 is 1.12 bits per heavy atom. The molecule has 0 atom stereocenters. The molecule has 1 N–H and O–H groups in total. The molecular weight excluding hydrogens is 335 g/mol. The van der Waals surface area contributed by atoms with E-state index in [0.717, 1.165) is 31.6 Å². The Kier molecular flexibility index (Phi) is 6.08. The van der Waals surface area contributed by atoms with Crippen molar-refractivity contribution in [3.05, 3.63) is 47.9 Å². The molecule has 5 nitrogen and oxygen atoms in total. The lowest BCUT2D eigenvalue weighted by Gasteiger charge is -2.11. The minimum Gasteiger partial charge on any atom is -0.475 e. The summed E-state index contributed by atoms with van der Waals surface area (Å²) in [6, 6.07) is 10.4. The third-order valence-corrected chi connectivity index (χ3v) is 3.80. The number of halogens is 3. The number of alkyl halides is 3. The van der Waals surface area contributed by atoms with Crippen LogP contribution in [0, 0.1) is 0 Å². The fraction of sp³-hybridized carbons (Fsp3) is 0.353. The second-order valence-corrected chi connectivity index (χ2v) is 5.62. The molecule has 0 aliphatic carbocycles. The van der Waals surface area contributed by atoms with Gasteiger partial charge in [0.1, 0.15) is 6.33 Å². The van der Waals surface area contributed by atoms with Crippen molar-refractivity contribution in [3.63, 3.8) is 0 Å². The van der Waals surface area contributed by atoms with Crippen molar-refractivity contribution in [2.75, 3.05) is 20.1 Å². The molecule has 25 heavy (non-hydrogen) atoms. The average Bonchev–Trinajstić information content (AvgIpc) is 2.77. The van der Waals surface area contributed by atoms with E-state index in [4.69, 9.17) is 9.90 Å². The summed E-state index contributed by atoms with van der Waals surface area (Å²) in [7, 11) is 2.17. The first-order valence-corrected chi connectivity index (χ1v) is 7.66. The smallest absolute Gasteiger partial charge is 0.475 e. The zero-order valence-electron chi connectivity index (χ0n) is 13.6. The fourth-order valence-corrected chi connectivity index (χ4v) is 2.48. The van der Waals surface area contributed by atoms with Gasteiger partial charge in [0.15, 0.2) is 0 Å². The molecule has 1 aliphatic heterocycles. The number of carboxylic acids is 1. The molecule has 134 valence electrons. The van der Waals surface area contributed by atoms with Crippen LogP contribution in [-0.4, -0.2) is 52.3 Å². The Labute approximate surface area is 143 Å². The van der Waals surface area contributed by atoms with Crippen LogP contribution in [0.15, 0.2) is 36.7 Å². The summed E-state index contributed by atoms with van der Waals surface area (Å²) < 4.78 is 31.7. The van der Waals surface area contributed by atoms with Crippen LogP contribution in [0.1, 0.15) is 11.3 Å². The molecule has 3 rings (SSSR count). The van der Waals surface area contributed by atoms with Crippen molar-refractivity contribution < 1.29 is 23.1 Å². The van der Waals surface area contributed by atoms with Crippen molar-refractivity contribution in [1.82, 2.24) is 14.9 Å². The van der Waals surface area contributed by atoms with Crippen LogP contribution in [0.2, 0.25) is 0 Å². The van der Waals surface area contributed by atoms with E-state index in [2.05, 4.69) is 46.2 Å². The third-order valence-electron chi connectivity index (χ3n) is 3.80. The summed E-state index contributed by atoms with van der Waals surface area (Å²) >= 11 is 0. The van der Waals surface area contributed by atoms with E-state index < -0.39 is 12.1 Å². The number of nitrogens with zero attached hydrogens (tertiary/aromatic N) is 3. The second kappa shape index (κ2) is 8.06. The Balaban J connectivity index is 0.000000277. The van der Waals surface area contributed by atoms with E-state index in [1.165, 1.54) is 16.8 Å². The minimum atomic E-state index is -5.08. The molecule has 0 spiro atoms. The molecule has 0 fully saturated rings. The van der Waals surface area contributed by atoms with Gasteiger partial charge in [-0.2, -0.15) is 13.2 Å². The Morgan fingerprint density at radius 2 is 1.72 bits per heavy atom. The van der Waals surface area contributed by atoms with E-state index in [1.54, 1.807) is 6.33 Å². The molecule has 1 aromatic carbocycles. The van der Waals surface area contributed by atoms with E-state index in [9.17, 15) is 13.2 Å². The molecular formula is C17H18F3N3O2. The van der Waals surface area contributed by atoms with E-state index >= 15 is 0 Å². The van der Waals surface area contributed by atoms with Gasteiger partial charge >= 0.3 is 12.1 Å². The molecule has 0 amide bonds. The summed E-state index contributed by atoms with van der Waals surface area (Å²) in [4.78, 5) is 20.2. The number of rotatable bonds is 1. The van der Waals surface area contributed by atoms with Gasteiger partial charge < -0.3 is 10.0 Å². The SMILES string of the molecule is CN1CCc2ncnc(-c3ccccc3)c2CC1.O=C(O)C(F)(F)F. The normalized spacial score (nSPS) is 14.7. The molecule has 8 heteroatoms. The van der Waals surface area contributed by atoms with Crippen molar-refractivity contribution in [2.24, 2.45) is 0 Å². The number of hydrogen-bond acceptors (Lipinski definition) is 4. The van der Waals surface area contributed by atoms with Crippen LogP contribution >= 0.6 is 0 Å². The molecule has 0 radical (unpaired) electrons. The molecule has 0 saturated carbocycles. The monoisotopic (exact) mass is 353 g/mol. The lowest BCUT2D eigenvalue weighted by atomic mass is 10.0. The molecule has 2 heterocycles. The fourth-order valence-electron chi connectivity index (χ4n) is 2.48. The number of hydrogen-bond donors (Lipinski definition) is 1. The number of likely N-dealkylation sites (N-methyl/N-ethyl adjacent to an activating group) is 1. The lowest BCUT2D eigenvalue weighted by molar-refractivity contribution is -0.192. The zero-order valence-corrected chi connectivity index (χ0v) is 13.6. The maximum atomic E-state index is 10.6. The Hall–Kier alpha value is -2.48. The topological polar surface area (TPSA) is 66.3 Å². The van der Waals surface area contributed by atoms with E-state index in [0.29, 0.717) is 0 Å². The highest BCUT2D eigenvalue weighted by Crippen LogP contribution is 2.25. The van der Waals surface area contributed by atoms with Crippen LogP contribution in [0.25, 0.3) is 11.3 Å². The van der Waals surface area contributed by atoms with Crippen LogP contribution in [0.5, 0.6) is 0 Å². The van der Waals surface area contributed by atoms with E-state index in [-0.39, 0.29) is 0 Å². The second-order valence-electron chi connectivity index (χ2n) is 5.62. The van der Waals surface area contributed by atoms with Gasteiger partial charge in [-0.05, 0) is 13.5 Å². The highest BCUT2D eigenvalue weighted by molar-refractivity contribution is 5.73. The van der Waals surface area contributed by atoms with Gasteiger partial charge in [0.2, 0.25) is 0 Å². The minimum absolute atomic E-state index is 1.02. The first-order valence-electron chi connectivity index (χ1n) is 7.66. The highest BCUT2D eigenvalue weighted by atomic mass is 19.4. The number of benzene rings is 1. The summed E-state index contributed by atoms with van der Waals surface area (Å²) in [5.74, 6) is -2.76. The summed E-state index contributed by atoms with van der Waals surface area (Å²) in [6.07, 6.45) is -1.32. The summed E-state index contributed by atoms with van der Waals surface area (Å²) in [5.41, 5.74) is 4.85. The first-order chi connectivity index (χ1) is 11.8. The predicted molar refractivity (Wildman–Crippen MR) is 86.1 cm³/mol. The molecule has 0 bridgehead atoms. The predicted octanol–water partition coefficient (Wildman–Crippen LogP) is 2.81. The van der Waals surface area contributed by atoms with Gasteiger partial charge in [-0.15, -0.1) is 0 Å². The zero-order chi connectivity index (χ0) is 18.4. The molecule has 2 aromatic rings. The number of aromatic nitrogens is 2. The highest BCUT2D eigenvalue weighted by Gasteiger charge is 2.38. The van der Waals surface area contributed by atoms with Crippen LogP contribution in [-0.2, 0) is 17.6 Å². The largest absolute Gasteiger partial charge is 0.490 e. The van der Waals surface area contributed by atoms with E-state index in [1.807, 2.05) is 6.07 Å². The van der Waals surface area contributed by atoms with Gasteiger partial charge in [-0.25, -0.2) is 14.8 Å². The standard InChI is InChI=1S/C15H17N3.C2HF3O2/c1-18-9-7-13-14(8-10-18)16-11-17-15(13)12-5-3-2-4-6-12;3-2(4,5)1(6)7/h2-6,11H,7-10H2,1H3;(H,6,7). The average molecular weight is 353 g/mol. The van der Waals surface area contributed by atoms with Crippen molar-refractivity contribution >= 4 is 5.97 Å². The molecule has 1 aliphatic rings. The van der Waals surface area contributed by atoms with Crippen molar-refractivity contribution in [2.45, 2.75) is 19.0 Å². The van der Waals surface area contributed by atoms with Crippen LogP contribution in [0.4, 0.5) is 13.2 Å². The number of carboxylic acid groups (broad SMARTS) is 1. The number of aliphatic carboxylic acids is 1. The van der Waals surface area contributed by atoms with Gasteiger partial charge in [0.25, 0.3) is 0 Å².